The number of allylic oxidation sites excluding steroid dienone is 5. The molecule has 0 atom stereocenters. The van der Waals surface area contributed by atoms with Gasteiger partial charge in [-0.2, -0.15) is 4.39 Å². The number of ether oxygens (including phenoxy) is 1. The molecule has 0 radical (unpaired) electrons. The van der Waals surface area contributed by atoms with Gasteiger partial charge in [0.1, 0.15) is 0 Å². The Morgan fingerprint density at radius 2 is 1.79 bits per heavy atom. The largest absolute Gasteiger partial charge is 0.379 e. The van der Waals surface area contributed by atoms with Gasteiger partial charge < -0.3 is 9.64 Å². The lowest BCUT2D eigenvalue weighted by Crippen LogP contribution is -2.36. The SMILES string of the molecule is CN(CCOCCN(Cc1cccnc1F)Cc1cn(S(=O)(=O)C2=CCC=CC=C2)c2ccccc12)C1CCCCC1. The van der Waals surface area contributed by atoms with Crippen LogP contribution in [0.1, 0.15) is 49.7 Å². The zero-order chi connectivity index (χ0) is 29.4. The van der Waals surface area contributed by atoms with Crippen molar-refractivity contribution in [3.05, 3.63) is 101 Å². The first kappa shape index (κ1) is 30.4. The third-order valence-electron chi connectivity index (χ3n) is 8.24. The minimum Gasteiger partial charge on any atom is -0.379 e. The molecule has 0 amide bonds. The summed E-state index contributed by atoms with van der Waals surface area (Å²) >= 11 is 0. The fourth-order valence-corrected chi connectivity index (χ4v) is 7.32. The summed E-state index contributed by atoms with van der Waals surface area (Å²) in [6.45, 7) is 3.33. The standard InChI is InChI=1S/C33H41FN4O3S/c1-36(29-13-5-4-6-14-29)20-22-41-23-21-37(24-27-12-11-19-35-33(27)34)25-28-26-38(32-18-10-9-17-31(28)32)42(39,40)30-15-7-2-3-8-16-30/h2-3,7,9-12,15-19,26,29H,4-6,8,13-14,20-25H2,1H3. The molecule has 0 unspecified atom stereocenters. The van der Waals surface area contributed by atoms with Crippen molar-refractivity contribution in [2.45, 2.75) is 57.7 Å². The number of likely N-dealkylation sites (N-methyl/N-ethyl adjacent to an activating group) is 1. The fraction of sp³-hybridized carbons (Fsp3) is 0.424. The van der Waals surface area contributed by atoms with Crippen LogP contribution in [0.25, 0.3) is 10.9 Å². The normalized spacial score (nSPS) is 16.4. The van der Waals surface area contributed by atoms with E-state index in [0.29, 0.717) is 56.4 Å². The third kappa shape index (κ3) is 7.45. The van der Waals surface area contributed by atoms with Gasteiger partial charge in [0, 0.05) is 55.6 Å². The highest BCUT2D eigenvalue weighted by atomic mass is 32.2. The van der Waals surface area contributed by atoms with Crippen molar-refractivity contribution in [1.82, 2.24) is 18.8 Å². The van der Waals surface area contributed by atoms with Gasteiger partial charge in [0.05, 0.1) is 23.6 Å². The molecule has 1 saturated carbocycles. The summed E-state index contributed by atoms with van der Waals surface area (Å²) in [6, 6.07) is 11.6. The van der Waals surface area contributed by atoms with E-state index in [0.717, 1.165) is 17.5 Å². The maximum absolute atomic E-state index is 14.6. The van der Waals surface area contributed by atoms with Crippen molar-refractivity contribution in [1.29, 1.82) is 0 Å². The number of hydrogen-bond donors (Lipinski definition) is 0. The molecule has 0 bridgehead atoms. The van der Waals surface area contributed by atoms with Crippen LogP contribution in [0.15, 0.2) is 84.1 Å². The molecule has 0 saturated heterocycles. The number of fused-ring (bicyclic) bond motifs is 1. The molecule has 224 valence electrons. The van der Waals surface area contributed by atoms with E-state index in [9.17, 15) is 12.8 Å². The Kier molecular flexibility index (Phi) is 10.4. The van der Waals surface area contributed by atoms with Crippen LogP contribution in [0.3, 0.4) is 0 Å². The van der Waals surface area contributed by atoms with Gasteiger partial charge in [-0.3, -0.25) is 4.90 Å². The summed E-state index contributed by atoms with van der Waals surface area (Å²) in [5.74, 6) is -0.497. The Bertz CT molecular complexity index is 1540. The molecular weight excluding hydrogens is 551 g/mol. The Labute approximate surface area is 249 Å². The summed E-state index contributed by atoms with van der Waals surface area (Å²) in [5.41, 5.74) is 1.97. The van der Waals surface area contributed by atoms with Gasteiger partial charge >= 0.3 is 0 Å². The first-order valence-electron chi connectivity index (χ1n) is 14.9. The van der Waals surface area contributed by atoms with Crippen LogP contribution in [-0.4, -0.2) is 66.6 Å². The van der Waals surface area contributed by atoms with Crippen LogP contribution in [0.2, 0.25) is 0 Å². The second-order valence-electron chi connectivity index (χ2n) is 11.2. The minimum atomic E-state index is -3.80. The van der Waals surface area contributed by atoms with Crippen LogP contribution < -0.4 is 0 Å². The average Bonchev–Trinajstić information content (AvgIpc) is 3.16. The predicted octanol–water partition coefficient (Wildman–Crippen LogP) is 6.04. The Morgan fingerprint density at radius 1 is 1.00 bits per heavy atom. The Morgan fingerprint density at radius 3 is 2.62 bits per heavy atom. The van der Waals surface area contributed by atoms with Crippen molar-refractivity contribution in [3.8, 4) is 0 Å². The van der Waals surface area contributed by atoms with E-state index in [2.05, 4.69) is 21.8 Å². The summed E-state index contributed by atoms with van der Waals surface area (Å²) in [6.07, 6.45) is 19.0. The van der Waals surface area contributed by atoms with Crippen molar-refractivity contribution in [3.63, 3.8) is 0 Å². The molecule has 2 aromatic heterocycles. The molecule has 2 aliphatic carbocycles. The topological polar surface area (TPSA) is 67.7 Å². The van der Waals surface area contributed by atoms with Crippen LogP contribution in [0.5, 0.6) is 0 Å². The van der Waals surface area contributed by atoms with Crippen LogP contribution >= 0.6 is 0 Å². The maximum atomic E-state index is 14.6. The number of pyridine rings is 1. The van der Waals surface area contributed by atoms with Crippen LogP contribution in [-0.2, 0) is 27.8 Å². The molecule has 42 heavy (non-hydrogen) atoms. The lowest BCUT2D eigenvalue weighted by Gasteiger charge is -2.31. The summed E-state index contributed by atoms with van der Waals surface area (Å²) < 4.78 is 49.4. The summed E-state index contributed by atoms with van der Waals surface area (Å²) in [4.78, 5) is 8.60. The molecule has 2 aliphatic rings. The highest BCUT2D eigenvalue weighted by Crippen LogP contribution is 2.28. The van der Waals surface area contributed by atoms with Crippen molar-refractivity contribution >= 4 is 20.9 Å². The molecular formula is C33H41FN4O3S. The molecule has 9 heteroatoms. The monoisotopic (exact) mass is 592 g/mol. The van der Waals surface area contributed by atoms with Crippen LogP contribution in [0.4, 0.5) is 4.39 Å². The van der Waals surface area contributed by atoms with Gasteiger partial charge in [0.15, 0.2) is 0 Å². The van der Waals surface area contributed by atoms with E-state index >= 15 is 0 Å². The quantitative estimate of drug-likeness (QED) is 0.178. The average molecular weight is 593 g/mol. The number of para-hydroxylation sites is 1. The van der Waals surface area contributed by atoms with Gasteiger partial charge in [-0.25, -0.2) is 17.4 Å². The first-order valence-corrected chi connectivity index (χ1v) is 16.3. The lowest BCUT2D eigenvalue weighted by atomic mass is 9.94. The molecule has 3 aromatic rings. The molecule has 7 nitrogen and oxygen atoms in total. The predicted molar refractivity (Wildman–Crippen MR) is 166 cm³/mol. The first-order chi connectivity index (χ1) is 20.4. The lowest BCUT2D eigenvalue weighted by molar-refractivity contribution is 0.0704. The minimum absolute atomic E-state index is 0.265. The Balaban J connectivity index is 1.32. The molecule has 5 rings (SSSR count). The molecule has 0 N–H and O–H groups in total. The number of rotatable bonds is 13. The third-order valence-corrected chi connectivity index (χ3v) is 9.96. The van der Waals surface area contributed by atoms with Gasteiger partial charge in [-0.1, -0.05) is 67.8 Å². The van der Waals surface area contributed by atoms with Crippen molar-refractivity contribution in [2.75, 3.05) is 33.4 Å². The summed E-state index contributed by atoms with van der Waals surface area (Å²) in [5, 5.41) is 0.851. The smallest absolute Gasteiger partial charge is 0.267 e. The van der Waals surface area contributed by atoms with E-state index in [-0.39, 0.29) is 4.91 Å². The van der Waals surface area contributed by atoms with E-state index in [1.807, 2.05) is 36.4 Å². The van der Waals surface area contributed by atoms with Gasteiger partial charge in [-0.05, 0) is 50.1 Å². The van der Waals surface area contributed by atoms with E-state index < -0.39 is 16.0 Å². The van der Waals surface area contributed by atoms with E-state index in [1.165, 1.54) is 42.3 Å². The number of benzene rings is 1. The van der Waals surface area contributed by atoms with E-state index in [1.54, 1.807) is 36.6 Å². The zero-order valence-electron chi connectivity index (χ0n) is 24.4. The molecule has 0 aliphatic heterocycles. The molecule has 1 fully saturated rings. The molecule has 0 spiro atoms. The Hall–Kier alpha value is -3.11. The molecule has 1 aromatic carbocycles. The molecule has 2 heterocycles. The highest BCUT2D eigenvalue weighted by molar-refractivity contribution is 7.94. The second-order valence-corrected chi connectivity index (χ2v) is 13.0. The number of nitrogens with zero attached hydrogens (tertiary/aromatic N) is 4. The highest BCUT2D eigenvalue weighted by Gasteiger charge is 2.23. The van der Waals surface area contributed by atoms with Crippen molar-refractivity contribution in [2.24, 2.45) is 0 Å². The number of halogens is 1. The second kappa shape index (κ2) is 14.4. The van der Waals surface area contributed by atoms with Gasteiger partial charge in [-0.15, -0.1) is 0 Å². The van der Waals surface area contributed by atoms with E-state index in [4.69, 9.17) is 4.74 Å². The van der Waals surface area contributed by atoms with Gasteiger partial charge in [0.25, 0.3) is 10.0 Å². The fourth-order valence-electron chi connectivity index (χ4n) is 5.85. The summed E-state index contributed by atoms with van der Waals surface area (Å²) in [7, 11) is -1.62. The zero-order valence-corrected chi connectivity index (χ0v) is 25.2. The number of hydrogen-bond acceptors (Lipinski definition) is 6. The number of aromatic nitrogens is 2. The van der Waals surface area contributed by atoms with Crippen molar-refractivity contribution < 1.29 is 17.5 Å². The van der Waals surface area contributed by atoms with Crippen LogP contribution in [0, 0.1) is 5.95 Å². The van der Waals surface area contributed by atoms with Gasteiger partial charge in [0.2, 0.25) is 5.95 Å². The maximum Gasteiger partial charge on any atom is 0.267 e.